The highest BCUT2D eigenvalue weighted by Gasteiger charge is 2.28. The van der Waals surface area contributed by atoms with Crippen LogP contribution in [0, 0.1) is 0 Å². The van der Waals surface area contributed by atoms with Gasteiger partial charge in [0.1, 0.15) is 11.5 Å². The molecule has 39 heavy (non-hydrogen) atoms. The Labute approximate surface area is 247 Å². The second-order valence-electron chi connectivity index (χ2n) is 11.6. The Morgan fingerprint density at radius 1 is 0.897 bits per heavy atom. The van der Waals surface area contributed by atoms with Crippen LogP contribution in [0.2, 0.25) is 15.1 Å². The van der Waals surface area contributed by atoms with Gasteiger partial charge in [-0.25, -0.2) is 4.68 Å². The molecule has 0 saturated carbocycles. The minimum absolute atomic E-state index is 0.0278. The lowest BCUT2D eigenvalue weighted by atomic mass is 9.74. The van der Waals surface area contributed by atoms with Crippen LogP contribution >= 0.6 is 34.8 Å². The van der Waals surface area contributed by atoms with Gasteiger partial charge in [-0.2, -0.15) is 0 Å². The van der Waals surface area contributed by atoms with Crippen molar-refractivity contribution >= 4 is 46.5 Å². The SMILES string of the molecule is CCCCC(C(=O)Nc1cc(=O)n(-c2c(Cl)cc(Cl)cc2Cl)[nH]1)c1cc(C(C)(C)CC)cc(C(C)(C)CC)c1. The van der Waals surface area contributed by atoms with Crippen LogP contribution in [0.5, 0.6) is 0 Å². The summed E-state index contributed by atoms with van der Waals surface area (Å²) in [5.41, 5.74) is 3.29. The van der Waals surface area contributed by atoms with Gasteiger partial charge in [-0.1, -0.05) is 114 Å². The molecule has 2 N–H and O–H groups in total. The van der Waals surface area contributed by atoms with Gasteiger partial charge in [-0.15, -0.1) is 0 Å². The van der Waals surface area contributed by atoms with E-state index >= 15 is 0 Å². The summed E-state index contributed by atoms with van der Waals surface area (Å²) in [5.74, 6) is -0.275. The number of halogens is 3. The molecule has 0 radical (unpaired) electrons. The van der Waals surface area contributed by atoms with Crippen molar-refractivity contribution in [1.29, 1.82) is 0 Å². The first kappa shape index (κ1) is 31.3. The minimum atomic E-state index is -0.403. The zero-order valence-corrected chi connectivity index (χ0v) is 26.2. The van der Waals surface area contributed by atoms with E-state index < -0.39 is 5.56 Å². The fourth-order valence-corrected chi connectivity index (χ4v) is 5.48. The molecule has 1 amide bonds. The molecule has 0 aliphatic heterocycles. The molecule has 3 aromatic rings. The average Bonchev–Trinajstić information content (AvgIpc) is 3.22. The standard InChI is InChI=1S/C31H40Cl3N3O2/c1-8-11-12-23(19-13-20(30(4,5)9-2)15-21(14-19)31(6,7)10-3)29(39)35-26-18-27(38)37(36-26)28-24(33)16-22(32)17-25(28)34/h13-18,23,36H,8-12H2,1-7H3,(H,35,39). The number of nitrogens with zero attached hydrogens (tertiary/aromatic N) is 1. The van der Waals surface area contributed by atoms with Gasteiger partial charge in [0.05, 0.1) is 16.0 Å². The number of carbonyl (C=O) groups excluding carboxylic acids is 1. The van der Waals surface area contributed by atoms with E-state index in [1.54, 1.807) is 0 Å². The number of amides is 1. The molecular formula is C31H40Cl3N3O2. The topological polar surface area (TPSA) is 66.9 Å². The van der Waals surface area contributed by atoms with Gasteiger partial charge < -0.3 is 5.32 Å². The molecule has 212 valence electrons. The molecule has 1 aromatic heterocycles. The number of rotatable bonds is 11. The highest BCUT2D eigenvalue weighted by Crippen LogP contribution is 2.37. The summed E-state index contributed by atoms with van der Waals surface area (Å²) in [4.78, 5) is 26.6. The Morgan fingerprint density at radius 3 is 1.92 bits per heavy atom. The monoisotopic (exact) mass is 591 g/mol. The maximum absolute atomic E-state index is 13.8. The molecule has 3 rings (SSSR count). The molecule has 8 heteroatoms. The van der Waals surface area contributed by atoms with Crippen LogP contribution in [0.25, 0.3) is 5.69 Å². The summed E-state index contributed by atoms with van der Waals surface area (Å²) < 4.78 is 1.21. The molecule has 0 spiro atoms. The maximum Gasteiger partial charge on any atom is 0.273 e. The normalized spacial score (nSPS) is 13.0. The van der Waals surface area contributed by atoms with E-state index in [-0.39, 0.29) is 44.2 Å². The van der Waals surface area contributed by atoms with Crippen molar-refractivity contribution in [3.8, 4) is 5.69 Å². The quantitative estimate of drug-likeness (QED) is 0.233. The van der Waals surface area contributed by atoms with Crippen molar-refractivity contribution in [2.45, 2.75) is 97.3 Å². The second-order valence-corrected chi connectivity index (χ2v) is 12.8. The van der Waals surface area contributed by atoms with Crippen molar-refractivity contribution in [3.63, 3.8) is 0 Å². The van der Waals surface area contributed by atoms with Crippen LogP contribution in [-0.4, -0.2) is 15.7 Å². The van der Waals surface area contributed by atoms with Gasteiger partial charge in [-0.05, 0) is 58.9 Å². The predicted molar refractivity (Wildman–Crippen MR) is 165 cm³/mol. The van der Waals surface area contributed by atoms with Crippen molar-refractivity contribution in [2.24, 2.45) is 0 Å². The molecule has 0 fully saturated rings. The van der Waals surface area contributed by atoms with E-state index in [2.05, 4.69) is 77.1 Å². The summed E-state index contributed by atoms with van der Waals surface area (Å²) >= 11 is 18.7. The molecule has 1 atom stereocenters. The third-order valence-electron chi connectivity index (χ3n) is 8.03. The number of hydrogen-bond acceptors (Lipinski definition) is 2. The van der Waals surface area contributed by atoms with Crippen molar-refractivity contribution in [2.75, 3.05) is 5.32 Å². The van der Waals surface area contributed by atoms with Gasteiger partial charge in [0, 0.05) is 11.1 Å². The fourth-order valence-electron chi connectivity index (χ4n) is 4.49. The highest BCUT2D eigenvalue weighted by atomic mass is 35.5. The zero-order valence-electron chi connectivity index (χ0n) is 24.0. The lowest BCUT2D eigenvalue weighted by Crippen LogP contribution is -2.25. The fraction of sp³-hybridized carbons (Fsp3) is 0.484. The molecular weight excluding hydrogens is 553 g/mol. The van der Waals surface area contributed by atoms with E-state index in [4.69, 9.17) is 34.8 Å². The van der Waals surface area contributed by atoms with Gasteiger partial charge in [-0.3, -0.25) is 14.7 Å². The number of carbonyl (C=O) groups is 1. The maximum atomic E-state index is 13.8. The van der Waals surface area contributed by atoms with Crippen molar-refractivity contribution < 1.29 is 4.79 Å². The van der Waals surface area contributed by atoms with Crippen LogP contribution in [0.1, 0.15) is 103 Å². The lowest BCUT2D eigenvalue weighted by molar-refractivity contribution is -0.117. The van der Waals surface area contributed by atoms with Gasteiger partial charge >= 0.3 is 0 Å². The van der Waals surface area contributed by atoms with Crippen LogP contribution in [0.3, 0.4) is 0 Å². The van der Waals surface area contributed by atoms with Gasteiger partial charge in [0.15, 0.2) is 0 Å². The molecule has 1 unspecified atom stereocenters. The third kappa shape index (κ3) is 7.11. The van der Waals surface area contributed by atoms with E-state index in [1.165, 1.54) is 34.0 Å². The molecule has 0 saturated heterocycles. The van der Waals surface area contributed by atoms with Crippen molar-refractivity contribution in [3.05, 3.63) is 78.5 Å². The van der Waals surface area contributed by atoms with Crippen LogP contribution in [0.4, 0.5) is 5.82 Å². The molecule has 0 aliphatic rings. The Hall–Kier alpha value is -2.21. The van der Waals surface area contributed by atoms with Crippen LogP contribution in [0.15, 0.2) is 41.2 Å². The molecule has 0 bridgehead atoms. The zero-order chi connectivity index (χ0) is 29.1. The Balaban J connectivity index is 2.04. The number of unbranched alkanes of at least 4 members (excludes halogenated alkanes) is 1. The Bertz CT molecular complexity index is 1330. The number of anilines is 1. The summed E-state index contributed by atoms with van der Waals surface area (Å²) in [6.07, 6.45) is 4.54. The van der Waals surface area contributed by atoms with E-state index in [1.807, 2.05) is 0 Å². The Kier molecular flexibility index (Phi) is 10.1. The molecule has 0 aliphatic carbocycles. The van der Waals surface area contributed by atoms with Gasteiger partial charge in [0.2, 0.25) is 5.91 Å². The van der Waals surface area contributed by atoms with Crippen molar-refractivity contribution in [1.82, 2.24) is 9.78 Å². The summed E-state index contributed by atoms with van der Waals surface area (Å²) in [7, 11) is 0. The number of benzene rings is 2. The second kappa shape index (κ2) is 12.5. The van der Waals surface area contributed by atoms with E-state index in [0.29, 0.717) is 11.4 Å². The largest absolute Gasteiger partial charge is 0.310 e. The van der Waals surface area contributed by atoms with Crippen LogP contribution < -0.4 is 10.9 Å². The summed E-state index contributed by atoms with van der Waals surface area (Å²) in [6.45, 7) is 15.5. The van der Waals surface area contributed by atoms with E-state index in [9.17, 15) is 9.59 Å². The number of aromatic amines is 1. The highest BCUT2D eigenvalue weighted by molar-refractivity contribution is 6.40. The smallest absolute Gasteiger partial charge is 0.273 e. The van der Waals surface area contributed by atoms with E-state index in [0.717, 1.165) is 31.2 Å². The number of aromatic nitrogens is 2. The number of hydrogen-bond donors (Lipinski definition) is 2. The molecule has 5 nitrogen and oxygen atoms in total. The molecule has 1 heterocycles. The number of nitrogens with one attached hydrogen (secondary N) is 2. The van der Waals surface area contributed by atoms with Crippen LogP contribution in [-0.2, 0) is 15.6 Å². The first-order chi connectivity index (χ1) is 18.2. The summed E-state index contributed by atoms with van der Waals surface area (Å²) in [6, 6.07) is 11.0. The minimum Gasteiger partial charge on any atom is -0.310 e. The third-order valence-corrected chi connectivity index (χ3v) is 8.83. The average molecular weight is 593 g/mol. The lowest BCUT2D eigenvalue weighted by Gasteiger charge is -2.31. The summed E-state index contributed by atoms with van der Waals surface area (Å²) in [5, 5.41) is 6.69. The first-order valence-electron chi connectivity index (χ1n) is 13.7. The molecule has 2 aromatic carbocycles. The van der Waals surface area contributed by atoms with Gasteiger partial charge in [0.25, 0.3) is 5.56 Å². The first-order valence-corrected chi connectivity index (χ1v) is 14.8. The predicted octanol–water partition coefficient (Wildman–Crippen LogP) is 9.41. The number of H-pyrrole nitrogens is 1. The Morgan fingerprint density at radius 2 is 1.44 bits per heavy atom.